The second-order valence-corrected chi connectivity index (χ2v) is 8.49. The molecule has 1 fully saturated rings. The second-order valence-electron chi connectivity index (χ2n) is 8.49. The molecule has 0 saturated carbocycles. The lowest BCUT2D eigenvalue weighted by Crippen LogP contribution is -2.49. The maximum atomic E-state index is 13.2. The van der Waals surface area contributed by atoms with Crippen molar-refractivity contribution in [2.45, 2.75) is 25.8 Å². The number of nitrogens with zero attached hydrogens (tertiary/aromatic N) is 3. The fraction of sp³-hybridized carbons (Fsp3) is 0.458. The van der Waals surface area contributed by atoms with Crippen molar-refractivity contribution in [3.8, 4) is 5.75 Å². The predicted octanol–water partition coefficient (Wildman–Crippen LogP) is 1.89. The van der Waals surface area contributed by atoms with Crippen LogP contribution in [0.15, 0.2) is 48.7 Å². The lowest BCUT2D eigenvalue weighted by molar-refractivity contribution is -0.134. The van der Waals surface area contributed by atoms with Crippen molar-refractivity contribution in [2.24, 2.45) is 12.5 Å². The minimum Gasteiger partial charge on any atom is -0.491 e. The number of benzene rings is 1. The summed E-state index contributed by atoms with van der Waals surface area (Å²) in [7, 11) is 1.95. The highest BCUT2D eigenvalue weighted by atomic mass is 16.5. The Kier molecular flexibility index (Phi) is 6.90. The van der Waals surface area contributed by atoms with E-state index in [0.717, 1.165) is 32.5 Å². The molecule has 0 unspecified atom stereocenters. The summed E-state index contributed by atoms with van der Waals surface area (Å²) in [6.45, 7) is 3.68. The molecule has 4 rings (SSSR count). The first kappa shape index (κ1) is 22.1. The first-order valence-corrected chi connectivity index (χ1v) is 11.2. The van der Waals surface area contributed by atoms with E-state index in [9.17, 15) is 9.59 Å². The number of para-hydroxylation sites is 1. The summed E-state index contributed by atoms with van der Waals surface area (Å²) in [6, 6.07) is 9.20. The first-order chi connectivity index (χ1) is 15.6. The quantitative estimate of drug-likeness (QED) is 0.701. The molecule has 1 aromatic heterocycles. The van der Waals surface area contributed by atoms with Crippen molar-refractivity contribution < 1.29 is 14.3 Å². The number of likely N-dealkylation sites (tertiary alicyclic amines) is 1. The topological polar surface area (TPSA) is 88.5 Å². The smallest absolute Gasteiger partial charge is 0.255 e. The number of aryl methyl sites for hydroxylation is 1. The molecule has 1 aromatic carbocycles. The number of piperidine rings is 1. The summed E-state index contributed by atoms with van der Waals surface area (Å²) < 4.78 is 7.70. The van der Waals surface area contributed by atoms with Gasteiger partial charge in [-0.15, -0.1) is 0 Å². The van der Waals surface area contributed by atoms with Gasteiger partial charge in [-0.3, -0.25) is 19.2 Å². The predicted molar refractivity (Wildman–Crippen MR) is 121 cm³/mol. The highest BCUT2D eigenvalue weighted by Crippen LogP contribution is 2.36. The van der Waals surface area contributed by atoms with E-state index in [2.05, 4.69) is 20.6 Å². The van der Waals surface area contributed by atoms with E-state index in [1.807, 2.05) is 48.3 Å². The fourth-order valence-electron chi connectivity index (χ4n) is 4.38. The minimum atomic E-state index is -0.439. The van der Waals surface area contributed by atoms with Crippen LogP contribution in [-0.2, 0) is 18.4 Å². The monoisotopic (exact) mass is 437 g/mol. The number of nitrogens with one attached hydrogen (secondary N) is 2. The molecule has 2 aliphatic heterocycles. The average molecular weight is 438 g/mol. The summed E-state index contributed by atoms with van der Waals surface area (Å²) in [4.78, 5) is 28.1. The molecule has 32 heavy (non-hydrogen) atoms. The van der Waals surface area contributed by atoms with Gasteiger partial charge >= 0.3 is 0 Å². The van der Waals surface area contributed by atoms with E-state index < -0.39 is 5.41 Å². The third kappa shape index (κ3) is 5.02. The Bertz CT molecular complexity index is 976. The molecule has 0 aliphatic carbocycles. The third-order valence-corrected chi connectivity index (χ3v) is 6.44. The third-order valence-electron chi connectivity index (χ3n) is 6.44. The van der Waals surface area contributed by atoms with E-state index in [1.165, 1.54) is 5.69 Å². The molecule has 3 heterocycles. The number of amides is 2. The number of hydrogen-bond acceptors (Lipinski definition) is 5. The van der Waals surface area contributed by atoms with Gasteiger partial charge in [0.05, 0.1) is 23.2 Å². The maximum Gasteiger partial charge on any atom is 0.255 e. The molecule has 1 spiro atoms. The number of allylic oxidation sites excluding steroid dienone is 1. The van der Waals surface area contributed by atoms with Crippen LogP contribution in [0.3, 0.4) is 0 Å². The lowest BCUT2D eigenvalue weighted by Gasteiger charge is -2.40. The van der Waals surface area contributed by atoms with Crippen LogP contribution in [0.1, 0.15) is 35.3 Å². The zero-order chi connectivity index (χ0) is 22.4. The molecular weight excluding hydrogens is 406 g/mol. The summed E-state index contributed by atoms with van der Waals surface area (Å²) in [5, 5.41) is 10.2. The summed E-state index contributed by atoms with van der Waals surface area (Å²) >= 11 is 0. The number of hydrogen-bond donors (Lipinski definition) is 2. The Balaban J connectivity index is 1.42. The van der Waals surface area contributed by atoms with Crippen LogP contribution < -0.4 is 15.4 Å². The average Bonchev–Trinajstić information content (AvgIpc) is 3.21. The van der Waals surface area contributed by atoms with Gasteiger partial charge in [-0.05, 0) is 50.6 Å². The largest absolute Gasteiger partial charge is 0.491 e. The Labute approximate surface area is 188 Å². The van der Waals surface area contributed by atoms with Crippen LogP contribution in [-0.4, -0.2) is 59.3 Å². The Morgan fingerprint density at radius 1 is 1.09 bits per heavy atom. The number of carbonyl (C=O) groups is 2. The van der Waals surface area contributed by atoms with E-state index in [1.54, 1.807) is 12.1 Å². The molecule has 0 bridgehead atoms. The zero-order valence-electron chi connectivity index (χ0n) is 18.5. The normalized spacial score (nSPS) is 21.0. The van der Waals surface area contributed by atoms with Crippen molar-refractivity contribution in [3.05, 3.63) is 59.9 Å². The molecule has 8 nitrogen and oxygen atoms in total. The highest BCUT2D eigenvalue weighted by molar-refractivity contribution is 5.97. The van der Waals surface area contributed by atoms with Gasteiger partial charge in [0, 0.05) is 26.3 Å². The SMILES string of the molecule is Cn1nccc1CN1CCC2(C/C=C/CNC(=O)c3ccccc3OCCNC2=O)CC1. The summed E-state index contributed by atoms with van der Waals surface area (Å²) in [6.07, 6.45) is 8.02. The van der Waals surface area contributed by atoms with Crippen molar-refractivity contribution in [2.75, 3.05) is 32.8 Å². The number of ether oxygens (including phenoxy) is 1. The van der Waals surface area contributed by atoms with E-state index in [-0.39, 0.29) is 11.8 Å². The lowest BCUT2D eigenvalue weighted by atomic mass is 9.74. The standard InChI is InChI=1S/C24H31N5O3/c1-28-19(8-13-27-28)18-29-15-10-24(11-16-29)9-4-5-12-25-22(30)20-6-2-3-7-21(20)32-17-14-26-23(24)31/h2-8,13H,9-12,14-18H2,1H3,(H,25,30)(H,26,31)/b5-4+. The van der Waals surface area contributed by atoms with Gasteiger partial charge < -0.3 is 15.4 Å². The molecule has 0 radical (unpaired) electrons. The van der Waals surface area contributed by atoms with E-state index in [4.69, 9.17) is 4.74 Å². The maximum absolute atomic E-state index is 13.2. The van der Waals surface area contributed by atoms with Gasteiger partial charge in [0.25, 0.3) is 5.91 Å². The number of carbonyl (C=O) groups excluding carboxylic acids is 2. The van der Waals surface area contributed by atoms with Crippen LogP contribution in [0, 0.1) is 5.41 Å². The molecule has 2 N–H and O–H groups in total. The van der Waals surface area contributed by atoms with E-state index in [0.29, 0.717) is 37.4 Å². The zero-order valence-corrected chi connectivity index (χ0v) is 18.5. The van der Waals surface area contributed by atoms with Crippen molar-refractivity contribution in [1.29, 1.82) is 0 Å². The molecule has 8 heteroatoms. The van der Waals surface area contributed by atoms with Crippen molar-refractivity contribution in [1.82, 2.24) is 25.3 Å². The second kappa shape index (κ2) is 9.99. The van der Waals surface area contributed by atoms with Gasteiger partial charge in [-0.25, -0.2) is 0 Å². The van der Waals surface area contributed by atoms with Gasteiger partial charge in [-0.2, -0.15) is 5.10 Å². The molecular formula is C24H31N5O3. The first-order valence-electron chi connectivity index (χ1n) is 11.2. The number of rotatable bonds is 2. The van der Waals surface area contributed by atoms with Crippen molar-refractivity contribution >= 4 is 11.8 Å². The molecule has 1 saturated heterocycles. The Morgan fingerprint density at radius 3 is 2.69 bits per heavy atom. The summed E-state index contributed by atoms with van der Waals surface area (Å²) in [5.41, 5.74) is 1.23. The summed E-state index contributed by atoms with van der Waals surface area (Å²) in [5.74, 6) is 0.448. The van der Waals surface area contributed by atoms with Gasteiger partial charge in [0.2, 0.25) is 5.91 Å². The molecule has 170 valence electrons. The van der Waals surface area contributed by atoms with Crippen LogP contribution in [0.25, 0.3) is 0 Å². The Morgan fingerprint density at radius 2 is 1.91 bits per heavy atom. The molecule has 2 aromatic rings. The number of aromatic nitrogens is 2. The van der Waals surface area contributed by atoms with Gasteiger partial charge in [0.1, 0.15) is 12.4 Å². The van der Waals surface area contributed by atoms with Crippen LogP contribution >= 0.6 is 0 Å². The van der Waals surface area contributed by atoms with Crippen LogP contribution in [0.4, 0.5) is 0 Å². The number of fused-ring (bicyclic) bond motifs is 1. The highest BCUT2D eigenvalue weighted by Gasteiger charge is 2.40. The Hall–Kier alpha value is -3.13. The fourth-order valence-corrected chi connectivity index (χ4v) is 4.38. The molecule has 0 atom stereocenters. The molecule has 2 aliphatic rings. The molecule has 2 amide bonds. The minimum absolute atomic E-state index is 0.0836. The van der Waals surface area contributed by atoms with Gasteiger partial charge in [0.15, 0.2) is 0 Å². The van der Waals surface area contributed by atoms with Crippen LogP contribution in [0.5, 0.6) is 5.75 Å². The van der Waals surface area contributed by atoms with E-state index >= 15 is 0 Å². The van der Waals surface area contributed by atoms with Gasteiger partial charge in [-0.1, -0.05) is 24.3 Å². The van der Waals surface area contributed by atoms with Crippen LogP contribution in [0.2, 0.25) is 0 Å². The van der Waals surface area contributed by atoms with Crippen molar-refractivity contribution in [3.63, 3.8) is 0 Å².